The van der Waals surface area contributed by atoms with Gasteiger partial charge in [0.2, 0.25) is 11.8 Å². The Morgan fingerprint density at radius 1 is 1.20 bits per heavy atom. The molecule has 5 nitrogen and oxygen atoms in total. The van der Waals surface area contributed by atoms with Gasteiger partial charge in [-0.25, -0.2) is 0 Å². The maximum atomic E-state index is 12.3. The van der Waals surface area contributed by atoms with Crippen molar-refractivity contribution in [3.05, 3.63) is 35.4 Å². The summed E-state index contributed by atoms with van der Waals surface area (Å²) in [6.07, 6.45) is 5.23. The molecule has 1 unspecified atom stereocenters. The van der Waals surface area contributed by atoms with Crippen molar-refractivity contribution in [2.45, 2.75) is 65.1 Å². The molecule has 2 rings (SSSR count). The lowest BCUT2D eigenvalue weighted by atomic mass is 10.0. The highest BCUT2D eigenvalue weighted by molar-refractivity contribution is 5.87. The molecule has 138 valence electrons. The van der Waals surface area contributed by atoms with E-state index in [1.54, 1.807) is 6.92 Å². The van der Waals surface area contributed by atoms with Crippen LogP contribution in [0.5, 0.6) is 0 Å². The molecule has 1 atom stereocenters. The highest BCUT2D eigenvalue weighted by atomic mass is 16.5. The van der Waals surface area contributed by atoms with Crippen molar-refractivity contribution in [1.82, 2.24) is 10.6 Å². The van der Waals surface area contributed by atoms with Crippen molar-refractivity contribution in [1.29, 1.82) is 0 Å². The van der Waals surface area contributed by atoms with Gasteiger partial charge in [0.1, 0.15) is 6.04 Å². The molecule has 5 heteroatoms. The summed E-state index contributed by atoms with van der Waals surface area (Å²) in [6, 6.07) is 7.38. The van der Waals surface area contributed by atoms with Gasteiger partial charge in [-0.05, 0) is 43.7 Å². The summed E-state index contributed by atoms with van der Waals surface area (Å²) < 4.78 is 5.46. The minimum Gasteiger partial charge on any atom is -0.377 e. The zero-order valence-electron chi connectivity index (χ0n) is 15.3. The fraction of sp³-hybridized carbons (Fsp3) is 0.600. The molecule has 1 aromatic rings. The molecule has 2 amide bonds. The molecule has 0 heterocycles. The Hall–Kier alpha value is -1.88. The van der Waals surface area contributed by atoms with E-state index in [9.17, 15) is 9.59 Å². The summed E-state index contributed by atoms with van der Waals surface area (Å²) in [5, 5.41) is 5.72. The molecular formula is C20H30N2O3. The van der Waals surface area contributed by atoms with Crippen molar-refractivity contribution in [2.24, 2.45) is 5.92 Å². The molecule has 0 aromatic heterocycles. The second-order valence-electron chi connectivity index (χ2n) is 6.77. The molecule has 25 heavy (non-hydrogen) atoms. The second kappa shape index (κ2) is 10.2. The van der Waals surface area contributed by atoms with E-state index in [4.69, 9.17) is 4.74 Å². The van der Waals surface area contributed by atoms with Gasteiger partial charge in [0, 0.05) is 19.6 Å². The predicted molar refractivity (Wildman–Crippen MR) is 97.8 cm³/mol. The molecule has 0 aliphatic heterocycles. The standard InChI is InChI=1S/C20H30N2O3/c1-3-25-14-18-11-7-6-10-17(18)13-21-20(24)15(2)22-19(23)12-16-8-4-5-9-16/h6-7,10-11,15-16H,3-5,8-9,12-14H2,1-2H3,(H,21,24)(H,22,23). The Balaban J connectivity index is 1.78. The van der Waals surface area contributed by atoms with Crippen molar-refractivity contribution in [2.75, 3.05) is 6.61 Å². The third-order valence-electron chi connectivity index (χ3n) is 4.75. The first-order chi connectivity index (χ1) is 12.1. The molecule has 1 aliphatic carbocycles. The van der Waals surface area contributed by atoms with Crippen molar-refractivity contribution >= 4 is 11.8 Å². The molecule has 1 fully saturated rings. The summed E-state index contributed by atoms with van der Waals surface area (Å²) in [5.74, 6) is 0.304. The number of hydrogen-bond acceptors (Lipinski definition) is 3. The van der Waals surface area contributed by atoms with Gasteiger partial charge in [-0.15, -0.1) is 0 Å². The van der Waals surface area contributed by atoms with Crippen molar-refractivity contribution in [3.63, 3.8) is 0 Å². The van der Waals surface area contributed by atoms with Crippen LogP contribution in [-0.4, -0.2) is 24.5 Å². The van der Waals surface area contributed by atoms with Crippen LogP contribution < -0.4 is 10.6 Å². The summed E-state index contributed by atoms with van der Waals surface area (Å²) in [5.41, 5.74) is 2.11. The van der Waals surface area contributed by atoms with Gasteiger partial charge in [-0.2, -0.15) is 0 Å². The van der Waals surface area contributed by atoms with Crippen molar-refractivity contribution < 1.29 is 14.3 Å². The Bertz CT molecular complexity index is 568. The van der Waals surface area contributed by atoms with E-state index in [0.29, 0.717) is 32.1 Å². The fourth-order valence-corrected chi connectivity index (χ4v) is 3.26. The molecule has 0 spiro atoms. The molecule has 1 saturated carbocycles. The highest BCUT2D eigenvalue weighted by Gasteiger charge is 2.21. The first-order valence-electron chi connectivity index (χ1n) is 9.31. The van der Waals surface area contributed by atoms with Gasteiger partial charge in [0.05, 0.1) is 6.61 Å². The Morgan fingerprint density at radius 3 is 2.56 bits per heavy atom. The molecule has 1 aliphatic rings. The molecule has 0 saturated heterocycles. The number of benzene rings is 1. The lowest BCUT2D eigenvalue weighted by Crippen LogP contribution is -2.44. The van der Waals surface area contributed by atoms with Gasteiger partial charge in [0.15, 0.2) is 0 Å². The van der Waals surface area contributed by atoms with E-state index in [2.05, 4.69) is 10.6 Å². The summed E-state index contributed by atoms with van der Waals surface area (Å²) >= 11 is 0. The van der Waals surface area contributed by atoms with E-state index in [1.807, 2.05) is 31.2 Å². The van der Waals surface area contributed by atoms with E-state index in [-0.39, 0.29) is 11.8 Å². The average Bonchev–Trinajstić information content (AvgIpc) is 3.11. The van der Waals surface area contributed by atoms with E-state index >= 15 is 0 Å². The summed E-state index contributed by atoms with van der Waals surface area (Å²) in [4.78, 5) is 24.3. The van der Waals surface area contributed by atoms with Crippen LogP contribution in [0.3, 0.4) is 0 Å². The number of carbonyl (C=O) groups is 2. The maximum absolute atomic E-state index is 12.3. The van der Waals surface area contributed by atoms with Crippen LogP contribution in [0.2, 0.25) is 0 Å². The maximum Gasteiger partial charge on any atom is 0.242 e. The summed E-state index contributed by atoms with van der Waals surface area (Å²) in [6.45, 7) is 5.32. The minimum absolute atomic E-state index is 0.0219. The monoisotopic (exact) mass is 346 g/mol. The number of ether oxygens (including phenoxy) is 1. The second-order valence-corrected chi connectivity index (χ2v) is 6.77. The third kappa shape index (κ3) is 6.50. The number of carbonyl (C=O) groups excluding carboxylic acids is 2. The molecule has 0 bridgehead atoms. The van der Waals surface area contributed by atoms with Crippen LogP contribution in [0.15, 0.2) is 24.3 Å². The van der Waals surface area contributed by atoms with Crippen LogP contribution in [0.1, 0.15) is 57.1 Å². The fourth-order valence-electron chi connectivity index (χ4n) is 3.26. The molecule has 0 radical (unpaired) electrons. The van der Waals surface area contributed by atoms with E-state index in [1.165, 1.54) is 12.8 Å². The van der Waals surface area contributed by atoms with E-state index in [0.717, 1.165) is 24.0 Å². The first-order valence-corrected chi connectivity index (χ1v) is 9.31. The Morgan fingerprint density at radius 2 is 1.88 bits per heavy atom. The van der Waals surface area contributed by atoms with Gasteiger partial charge < -0.3 is 15.4 Å². The lowest BCUT2D eigenvalue weighted by molar-refractivity contribution is -0.129. The topological polar surface area (TPSA) is 67.4 Å². The SMILES string of the molecule is CCOCc1ccccc1CNC(=O)C(C)NC(=O)CC1CCCC1. The summed E-state index contributed by atoms with van der Waals surface area (Å²) in [7, 11) is 0. The number of rotatable bonds is 9. The zero-order valence-corrected chi connectivity index (χ0v) is 15.3. The normalized spacial score (nSPS) is 15.8. The van der Waals surface area contributed by atoms with Crippen LogP contribution in [0.25, 0.3) is 0 Å². The van der Waals surface area contributed by atoms with Gasteiger partial charge in [-0.3, -0.25) is 9.59 Å². The minimum atomic E-state index is -0.520. The molecular weight excluding hydrogens is 316 g/mol. The predicted octanol–water partition coefficient (Wildman–Crippen LogP) is 2.92. The van der Waals surface area contributed by atoms with Gasteiger partial charge >= 0.3 is 0 Å². The third-order valence-corrected chi connectivity index (χ3v) is 4.75. The van der Waals surface area contributed by atoms with E-state index < -0.39 is 6.04 Å². The lowest BCUT2D eigenvalue weighted by Gasteiger charge is -2.16. The van der Waals surface area contributed by atoms with Crippen LogP contribution in [-0.2, 0) is 27.5 Å². The Kier molecular flexibility index (Phi) is 7.92. The molecule has 2 N–H and O–H groups in total. The van der Waals surface area contributed by atoms with Crippen LogP contribution in [0, 0.1) is 5.92 Å². The largest absolute Gasteiger partial charge is 0.377 e. The number of hydrogen-bond donors (Lipinski definition) is 2. The highest BCUT2D eigenvalue weighted by Crippen LogP contribution is 2.27. The molecule has 1 aromatic carbocycles. The quantitative estimate of drug-likeness (QED) is 0.722. The van der Waals surface area contributed by atoms with Gasteiger partial charge in [0.25, 0.3) is 0 Å². The van der Waals surface area contributed by atoms with Crippen molar-refractivity contribution in [3.8, 4) is 0 Å². The van der Waals surface area contributed by atoms with Crippen LogP contribution >= 0.6 is 0 Å². The number of amides is 2. The zero-order chi connectivity index (χ0) is 18.1. The number of nitrogens with one attached hydrogen (secondary N) is 2. The smallest absolute Gasteiger partial charge is 0.242 e. The first kappa shape index (κ1) is 19.4. The van der Waals surface area contributed by atoms with Gasteiger partial charge in [-0.1, -0.05) is 37.1 Å². The Labute approximate surface area is 150 Å². The van der Waals surface area contributed by atoms with Crippen LogP contribution in [0.4, 0.5) is 0 Å². The average molecular weight is 346 g/mol.